The Balaban J connectivity index is 4.46. The highest BCUT2D eigenvalue weighted by molar-refractivity contribution is 7.45. The summed E-state index contributed by atoms with van der Waals surface area (Å²) in [4.78, 5) is 37.7. The molecule has 0 rings (SSSR count). The molecule has 0 aromatic heterocycles. The number of hydrogen-bond donors (Lipinski definition) is 2. The Hall–Kier alpha value is -2.37. The molecule has 64 heavy (non-hydrogen) atoms. The van der Waals surface area contributed by atoms with E-state index in [2.05, 4.69) is 26.0 Å². The number of esters is 2. The monoisotopic (exact) mass is 924 g/mol. The van der Waals surface area contributed by atoms with Crippen LogP contribution in [-0.2, 0) is 32.7 Å². The zero-order valence-corrected chi connectivity index (χ0v) is 42.1. The Morgan fingerprint density at radius 3 is 1.58 bits per heavy atom. The number of aliphatic hydroxyl groups excluding tert-OH is 2. The largest absolute Gasteiger partial charge is 0.756 e. The fourth-order valence-corrected chi connectivity index (χ4v) is 7.42. The lowest BCUT2D eigenvalue weighted by molar-refractivity contribution is -0.870. The zero-order valence-electron chi connectivity index (χ0n) is 41.2. The van der Waals surface area contributed by atoms with Crippen LogP contribution >= 0.6 is 7.82 Å². The zero-order chi connectivity index (χ0) is 47.4. The molecule has 11 nitrogen and oxygen atoms in total. The summed E-state index contributed by atoms with van der Waals surface area (Å²) in [6, 6.07) is 0. The van der Waals surface area contributed by atoms with Crippen LogP contribution in [0.2, 0.25) is 0 Å². The number of hydrogen-bond acceptors (Lipinski definition) is 10. The van der Waals surface area contributed by atoms with Gasteiger partial charge in [-0.1, -0.05) is 184 Å². The molecule has 0 aliphatic rings. The Bertz CT molecular complexity index is 1310. The SMILES string of the molecule is CCCCCCCC/C=C\CCCCCCCCCCCCCC(=O)OC[C@H](COP(=O)([O-])OCC[N+](C)(C)C)OC(=O)CCC[C@H](O)/C=C/C=C\C/C=C\C=C\[C@H](O)CCCCC. The summed E-state index contributed by atoms with van der Waals surface area (Å²) in [5.74, 6) is -1.06. The number of ether oxygens (including phenoxy) is 2. The van der Waals surface area contributed by atoms with Gasteiger partial charge in [0.1, 0.15) is 19.8 Å². The number of unbranched alkanes of at least 4 members (excludes halogenated alkanes) is 19. The van der Waals surface area contributed by atoms with E-state index in [1.165, 1.54) is 96.3 Å². The van der Waals surface area contributed by atoms with Gasteiger partial charge in [-0.2, -0.15) is 0 Å². The van der Waals surface area contributed by atoms with Crippen LogP contribution in [0.5, 0.6) is 0 Å². The third-order valence-corrected chi connectivity index (χ3v) is 11.7. The molecule has 0 saturated carbocycles. The number of likely N-dealkylation sites (N-methyl/N-ethyl adjacent to an activating group) is 1. The second-order valence-corrected chi connectivity index (χ2v) is 19.6. The maximum Gasteiger partial charge on any atom is 0.306 e. The van der Waals surface area contributed by atoms with Gasteiger partial charge in [-0.05, 0) is 57.8 Å². The standard InChI is InChI=1S/C52H94NO10P/c1-6-8-10-11-12-13-14-15-16-17-18-19-20-21-22-23-24-25-29-32-36-42-51(56)60-46-50(47-62-64(58,59)61-45-44-53(3,4)5)63-52(57)43-37-41-49(55)40-35-31-28-26-27-30-34-39-48(54)38-33-9-7-2/h15-16,27-28,30-31,34-35,39-40,48-50,54-55H,6-14,17-26,29,32-33,36-38,41-47H2,1-5H3/b16-15-,30-27-,31-28-,39-34+,40-35+/t48-,49-,50-/m1/s1. The minimum atomic E-state index is -4.70. The van der Waals surface area contributed by atoms with E-state index >= 15 is 0 Å². The third-order valence-electron chi connectivity index (χ3n) is 10.7. The van der Waals surface area contributed by atoms with Crippen LogP contribution in [0.25, 0.3) is 0 Å². The van der Waals surface area contributed by atoms with Crippen molar-refractivity contribution in [3.63, 3.8) is 0 Å². The fraction of sp³-hybridized carbons (Fsp3) is 0.769. The number of carbonyl (C=O) groups is 2. The molecular formula is C52H94NO10P. The summed E-state index contributed by atoms with van der Waals surface area (Å²) in [7, 11) is 1.02. The number of phosphoric acid groups is 1. The molecular weight excluding hydrogens is 830 g/mol. The molecule has 2 N–H and O–H groups in total. The van der Waals surface area contributed by atoms with E-state index in [4.69, 9.17) is 18.5 Å². The van der Waals surface area contributed by atoms with Crippen molar-refractivity contribution in [2.24, 2.45) is 0 Å². The third kappa shape index (κ3) is 46.2. The first-order valence-corrected chi connectivity index (χ1v) is 26.7. The number of carbonyl (C=O) groups excluding carboxylic acids is 2. The van der Waals surface area contributed by atoms with Gasteiger partial charge >= 0.3 is 11.9 Å². The number of allylic oxidation sites excluding steroid dienone is 8. The number of quaternary nitrogens is 1. The first-order valence-electron chi connectivity index (χ1n) is 25.2. The van der Waals surface area contributed by atoms with Gasteiger partial charge in [-0.15, -0.1) is 0 Å². The molecule has 12 heteroatoms. The first kappa shape index (κ1) is 61.6. The topological polar surface area (TPSA) is 152 Å². The van der Waals surface area contributed by atoms with Gasteiger partial charge < -0.3 is 38.1 Å². The summed E-state index contributed by atoms with van der Waals surface area (Å²) < 4.78 is 33.8. The number of phosphoric ester groups is 1. The molecule has 0 aliphatic carbocycles. The van der Waals surface area contributed by atoms with E-state index in [1.807, 2.05) is 51.5 Å². The van der Waals surface area contributed by atoms with Gasteiger partial charge in [-0.25, -0.2) is 0 Å². The van der Waals surface area contributed by atoms with Crippen molar-refractivity contribution in [1.29, 1.82) is 0 Å². The number of aliphatic hydroxyl groups is 2. The van der Waals surface area contributed by atoms with Crippen LogP contribution in [0.4, 0.5) is 0 Å². The molecule has 0 saturated heterocycles. The lowest BCUT2D eigenvalue weighted by Gasteiger charge is -2.28. The van der Waals surface area contributed by atoms with Crippen molar-refractivity contribution < 1.29 is 52.3 Å². The number of nitrogens with zero attached hydrogens (tertiary/aromatic N) is 1. The van der Waals surface area contributed by atoms with Crippen molar-refractivity contribution in [3.05, 3.63) is 60.8 Å². The lowest BCUT2D eigenvalue weighted by Crippen LogP contribution is -2.37. The maximum atomic E-state index is 12.7. The van der Waals surface area contributed by atoms with Crippen molar-refractivity contribution >= 4 is 19.8 Å². The van der Waals surface area contributed by atoms with Crippen molar-refractivity contribution in [3.8, 4) is 0 Å². The van der Waals surface area contributed by atoms with Crippen molar-refractivity contribution in [2.45, 2.75) is 212 Å². The van der Waals surface area contributed by atoms with E-state index in [0.29, 0.717) is 36.7 Å². The van der Waals surface area contributed by atoms with E-state index in [1.54, 1.807) is 18.2 Å². The molecule has 0 radical (unpaired) electrons. The summed E-state index contributed by atoms with van der Waals surface area (Å²) in [5.41, 5.74) is 0. The van der Waals surface area contributed by atoms with E-state index in [9.17, 15) is 29.3 Å². The Morgan fingerprint density at radius 1 is 0.578 bits per heavy atom. The predicted molar refractivity (Wildman–Crippen MR) is 262 cm³/mol. The average Bonchev–Trinajstić information content (AvgIpc) is 3.24. The molecule has 0 spiro atoms. The maximum absolute atomic E-state index is 12.7. The van der Waals surface area contributed by atoms with Crippen LogP contribution in [0.1, 0.15) is 194 Å². The molecule has 0 aliphatic heterocycles. The van der Waals surface area contributed by atoms with Gasteiger partial charge in [0.25, 0.3) is 7.82 Å². The Labute approximate surface area is 391 Å². The predicted octanol–water partition coefficient (Wildman–Crippen LogP) is 12.1. The lowest BCUT2D eigenvalue weighted by atomic mass is 10.0. The fourth-order valence-electron chi connectivity index (χ4n) is 6.69. The second-order valence-electron chi connectivity index (χ2n) is 18.2. The van der Waals surface area contributed by atoms with Gasteiger partial charge in [-0.3, -0.25) is 14.2 Å². The molecule has 1 unspecified atom stereocenters. The average molecular weight is 924 g/mol. The molecule has 0 aromatic carbocycles. The van der Waals surface area contributed by atoms with Crippen LogP contribution in [0.15, 0.2) is 60.8 Å². The molecule has 0 heterocycles. The highest BCUT2D eigenvalue weighted by atomic mass is 31.2. The summed E-state index contributed by atoms with van der Waals surface area (Å²) in [6.45, 7) is 3.86. The highest BCUT2D eigenvalue weighted by Crippen LogP contribution is 2.38. The summed E-state index contributed by atoms with van der Waals surface area (Å²) in [6.07, 6.45) is 46.1. The molecule has 372 valence electrons. The normalized spacial score (nSPS) is 14.9. The Morgan fingerprint density at radius 2 is 1.05 bits per heavy atom. The minimum absolute atomic E-state index is 0.0247. The molecule has 0 aromatic rings. The van der Waals surface area contributed by atoms with E-state index < -0.39 is 44.7 Å². The summed E-state index contributed by atoms with van der Waals surface area (Å²) in [5, 5.41) is 20.3. The van der Waals surface area contributed by atoms with Crippen LogP contribution in [0.3, 0.4) is 0 Å². The van der Waals surface area contributed by atoms with Gasteiger partial charge in [0.15, 0.2) is 6.10 Å². The van der Waals surface area contributed by atoms with E-state index in [-0.39, 0.29) is 26.1 Å². The van der Waals surface area contributed by atoms with Gasteiger partial charge in [0, 0.05) is 12.8 Å². The minimum Gasteiger partial charge on any atom is -0.756 e. The number of rotatable bonds is 45. The van der Waals surface area contributed by atoms with Crippen LogP contribution in [-0.4, -0.2) is 92.5 Å². The Kier molecular flexibility index (Phi) is 41.6. The summed E-state index contributed by atoms with van der Waals surface area (Å²) >= 11 is 0. The van der Waals surface area contributed by atoms with Gasteiger partial charge in [0.05, 0.1) is 40.0 Å². The van der Waals surface area contributed by atoms with Crippen molar-refractivity contribution in [2.75, 3.05) is 47.5 Å². The second kappa shape index (κ2) is 43.2. The molecule has 0 fully saturated rings. The highest BCUT2D eigenvalue weighted by Gasteiger charge is 2.22. The smallest absolute Gasteiger partial charge is 0.306 e. The molecule has 0 amide bonds. The van der Waals surface area contributed by atoms with Crippen LogP contribution in [0, 0.1) is 0 Å². The quantitative estimate of drug-likeness (QED) is 0.0151. The van der Waals surface area contributed by atoms with Gasteiger partial charge in [0.2, 0.25) is 0 Å². The molecule has 4 atom stereocenters. The van der Waals surface area contributed by atoms with Crippen molar-refractivity contribution in [1.82, 2.24) is 0 Å². The first-order chi connectivity index (χ1) is 30.8. The van der Waals surface area contributed by atoms with Crippen LogP contribution < -0.4 is 4.89 Å². The molecule has 0 bridgehead atoms. The van der Waals surface area contributed by atoms with E-state index in [0.717, 1.165) is 44.9 Å².